The molecule has 0 saturated carbocycles. The maximum Gasteiger partial charge on any atom is 0.335 e. The molecule has 1 heterocycles. The Morgan fingerprint density at radius 3 is 2.25 bits per heavy atom. The van der Waals surface area contributed by atoms with Gasteiger partial charge in [0.1, 0.15) is 0 Å². The third-order valence-electron chi connectivity index (χ3n) is 6.17. The summed E-state index contributed by atoms with van der Waals surface area (Å²) in [6, 6.07) is 10.4. The third kappa shape index (κ3) is 6.68. The second kappa shape index (κ2) is 11.8. The fourth-order valence-electron chi connectivity index (χ4n) is 3.97. The Kier molecular flexibility index (Phi) is 9.48. The highest BCUT2D eigenvalue weighted by molar-refractivity contribution is 5.76. The summed E-state index contributed by atoms with van der Waals surface area (Å²) in [5, 5.41) is 0. The molecule has 0 fully saturated rings. The van der Waals surface area contributed by atoms with Gasteiger partial charge in [-0.25, -0.2) is 9.36 Å². The van der Waals surface area contributed by atoms with Crippen molar-refractivity contribution in [2.75, 3.05) is 6.61 Å². The lowest BCUT2D eigenvalue weighted by Gasteiger charge is -2.32. The molecule has 1 atom stereocenters. The number of para-hydroxylation sites is 1. The highest BCUT2D eigenvalue weighted by Gasteiger charge is 2.38. The van der Waals surface area contributed by atoms with Crippen molar-refractivity contribution < 1.29 is 9.53 Å². The Morgan fingerprint density at radius 2 is 1.62 bits per heavy atom. The number of benzene rings is 1. The van der Waals surface area contributed by atoms with Crippen molar-refractivity contribution in [1.82, 2.24) is 9.13 Å². The molecule has 6 nitrogen and oxygen atoms in total. The lowest BCUT2D eigenvalue weighted by atomic mass is 9.73. The smallest absolute Gasteiger partial charge is 0.335 e. The minimum Gasteiger partial charge on any atom is -0.465 e. The largest absolute Gasteiger partial charge is 0.465 e. The highest BCUT2D eigenvalue weighted by atomic mass is 16.5. The molecule has 1 aromatic heterocycles. The Labute approximate surface area is 191 Å². The first-order chi connectivity index (χ1) is 15.2. The van der Waals surface area contributed by atoms with Crippen LogP contribution in [-0.2, 0) is 16.1 Å². The second-order valence-corrected chi connectivity index (χ2v) is 9.52. The van der Waals surface area contributed by atoms with Crippen molar-refractivity contribution in [3.05, 3.63) is 63.4 Å². The van der Waals surface area contributed by atoms with E-state index in [1.807, 2.05) is 13.0 Å². The van der Waals surface area contributed by atoms with Crippen LogP contribution in [0.15, 0.2) is 52.2 Å². The number of hydrogen-bond acceptors (Lipinski definition) is 4. The minimum atomic E-state index is -0.447. The molecule has 1 aromatic carbocycles. The fraction of sp³-hybridized carbons (Fsp3) is 0.577. The first-order valence-corrected chi connectivity index (χ1v) is 11.7. The Hall–Kier alpha value is -2.63. The number of unbranched alkanes of at least 4 members (excludes halogenated alkanes) is 3. The van der Waals surface area contributed by atoms with Gasteiger partial charge in [-0.2, -0.15) is 0 Å². The highest BCUT2D eigenvalue weighted by Crippen LogP contribution is 2.35. The van der Waals surface area contributed by atoms with Crippen molar-refractivity contribution >= 4 is 5.97 Å². The van der Waals surface area contributed by atoms with Crippen molar-refractivity contribution in [2.24, 2.45) is 17.3 Å². The van der Waals surface area contributed by atoms with Gasteiger partial charge in [-0.1, -0.05) is 52.3 Å². The van der Waals surface area contributed by atoms with E-state index in [-0.39, 0.29) is 23.1 Å². The van der Waals surface area contributed by atoms with E-state index in [2.05, 4.69) is 27.7 Å². The molecule has 32 heavy (non-hydrogen) atoms. The predicted octanol–water partition coefficient (Wildman–Crippen LogP) is 4.81. The normalized spacial score (nSPS) is 13.3. The van der Waals surface area contributed by atoms with Crippen LogP contribution in [0.25, 0.3) is 5.69 Å². The van der Waals surface area contributed by atoms with Gasteiger partial charge in [-0.05, 0) is 56.6 Å². The lowest BCUT2D eigenvalue weighted by Crippen LogP contribution is -2.37. The van der Waals surface area contributed by atoms with Crippen LogP contribution in [0, 0.1) is 17.3 Å². The maximum atomic E-state index is 12.7. The van der Waals surface area contributed by atoms with E-state index in [1.54, 1.807) is 35.0 Å². The van der Waals surface area contributed by atoms with Crippen LogP contribution in [0.4, 0.5) is 0 Å². The van der Waals surface area contributed by atoms with Crippen LogP contribution >= 0.6 is 0 Å². The van der Waals surface area contributed by atoms with Crippen molar-refractivity contribution in [1.29, 1.82) is 0 Å². The Morgan fingerprint density at radius 1 is 0.969 bits per heavy atom. The van der Waals surface area contributed by atoms with Gasteiger partial charge < -0.3 is 9.30 Å². The van der Waals surface area contributed by atoms with Gasteiger partial charge in [0.15, 0.2) is 0 Å². The predicted molar refractivity (Wildman–Crippen MR) is 128 cm³/mol. The number of ether oxygens (including phenoxy) is 1. The van der Waals surface area contributed by atoms with E-state index < -0.39 is 5.41 Å². The molecule has 1 unspecified atom stereocenters. The van der Waals surface area contributed by atoms with Gasteiger partial charge in [0, 0.05) is 18.8 Å². The van der Waals surface area contributed by atoms with Crippen molar-refractivity contribution in [3.63, 3.8) is 0 Å². The maximum absolute atomic E-state index is 12.7. The summed E-state index contributed by atoms with van der Waals surface area (Å²) < 4.78 is 8.37. The number of aryl methyl sites for hydroxylation is 1. The molecule has 0 aliphatic heterocycles. The summed E-state index contributed by atoms with van der Waals surface area (Å²) in [5.41, 5.74) is -0.526. The van der Waals surface area contributed by atoms with Crippen LogP contribution < -0.4 is 11.2 Å². The van der Waals surface area contributed by atoms with Crippen LogP contribution in [0.5, 0.6) is 0 Å². The lowest BCUT2D eigenvalue weighted by molar-refractivity contribution is -0.159. The number of aromatic nitrogens is 2. The monoisotopic (exact) mass is 442 g/mol. The van der Waals surface area contributed by atoms with Crippen LogP contribution in [-0.4, -0.2) is 21.7 Å². The standard InChI is InChI=1S/C26H38N2O4/c1-20(2)19-26(5,21(3)4)24(30)32-18-12-7-6-11-16-27-17-15-23(29)28(25(27)31)22-13-9-8-10-14-22/h8-10,13-15,17,20-21H,6-7,11-12,16,18-19H2,1-5H3. The molecule has 176 valence electrons. The number of carbonyl (C=O) groups excluding carboxylic acids is 1. The first-order valence-electron chi connectivity index (χ1n) is 11.7. The molecule has 6 heteroatoms. The Balaban J connectivity index is 1.80. The van der Waals surface area contributed by atoms with Crippen LogP contribution in [0.2, 0.25) is 0 Å². The molecule has 0 spiro atoms. The zero-order valence-corrected chi connectivity index (χ0v) is 20.2. The molecule has 0 radical (unpaired) electrons. The SMILES string of the molecule is CC(C)CC(C)(C(=O)OCCCCCCn1ccc(=O)n(-c2ccccc2)c1=O)C(C)C. The van der Waals surface area contributed by atoms with Crippen molar-refractivity contribution in [2.45, 2.75) is 73.3 Å². The number of rotatable bonds is 12. The summed E-state index contributed by atoms with van der Waals surface area (Å²) in [7, 11) is 0. The molecule has 0 aliphatic carbocycles. The number of esters is 1. The van der Waals surface area contributed by atoms with Gasteiger partial charge >= 0.3 is 11.7 Å². The molecular weight excluding hydrogens is 404 g/mol. The summed E-state index contributed by atoms with van der Waals surface area (Å²) in [4.78, 5) is 37.5. The number of carbonyl (C=O) groups is 1. The summed E-state index contributed by atoms with van der Waals surface area (Å²) >= 11 is 0. The molecule has 0 aliphatic rings. The van der Waals surface area contributed by atoms with Gasteiger partial charge in [0.2, 0.25) is 0 Å². The summed E-state index contributed by atoms with van der Waals surface area (Å²) in [6.45, 7) is 11.4. The summed E-state index contributed by atoms with van der Waals surface area (Å²) in [6.07, 6.45) is 5.85. The van der Waals surface area contributed by atoms with Crippen LogP contribution in [0.1, 0.15) is 66.7 Å². The Bertz CT molecular complexity index is 975. The van der Waals surface area contributed by atoms with Crippen molar-refractivity contribution in [3.8, 4) is 5.69 Å². The number of hydrogen-bond donors (Lipinski definition) is 0. The zero-order chi connectivity index (χ0) is 23.7. The molecule has 0 amide bonds. The molecule has 0 saturated heterocycles. The summed E-state index contributed by atoms with van der Waals surface area (Å²) in [5.74, 6) is 0.570. The zero-order valence-electron chi connectivity index (χ0n) is 20.2. The van der Waals surface area contributed by atoms with Gasteiger partial charge in [0.25, 0.3) is 5.56 Å². The molecule has 2 aromatic rings. The van der Waals surface area contributed by atoms with Crippen LogP contribution in [0.3, 0.4) is 0 Å². The topological polar surface area (TPSA) is 70.3 Å². The van der Waals surface area contributed by atoms with E-state index >= 15 is 0 Å². The second-order valence-electron chi connectivity index (χ2n) is 9.52. The fourth-order valence-corrected chi connectivity index (χ4v) is 3.97. The average Bonchev–Trinajstić information content (AvgIpc) is 2.74. The van der Waals surface area contributed by atoms with E-state index in [9.17, 15) is 14.4 Å². The third-order valence-corrected chi connectivity index (χ3v) is 6.17. The van der Waals surface area contributed by atoms with Gasteiger partial charge in [0.05, 0.1) is 17.7 Å². The van der Waals surface area contributed by atoms with E-state index in [1.165, 1.54) is 10.6 Å². The molecular formula is C26H38N2O4. The van der Waals surface area contributed by atoms with E-state index in [0.29, 0.717) is 24.8 Å². The van der Waals surface area contributed by atoms with E-state index in [0.717, 1.165) is 32.1 Å². The van der Waals surface area contributed by atoms with E-state index in [4.69, 9.17) is 4.74 Å². The number of nitrogens with zero attached hydrogens (tertiary/aromatic N) is 2. The van der Waals surface area contributed by atoms with Gasteiger partial charge in [-0.3, -0.25) is 9.59 Å². The first kappa shape index (κ1) is 25.6. The van der Waals surface area contributed by atoms with Gasteiger partial charge in [-0.15, -0.1) is 0 Å². The minimum absolute atomic E-state index is 0.101. The average molecular weight is 443 g/mol. The molecule has 0 bridgehead atoms. The molecule has 0 N–H and O–H groups in total. The molecule has 2 rings (SSSR count). The quantitative estimate of drug-likeness (QED) is 0.349.